The summed E-state index contributed by atoms with van der Waals surface area (Å²) in [6.45, 7) is -0.481. The van der Waals surface area contributed by atoms with Crippen molar-refractivity contribution >= 4 is 17.1 Å². The third kappa shape index (κ3) is 1.92. The van der Waals surface area contributed by atoms with Crippen molar-refractivity contribution < 1.29 is 19.7 Å². The fraction of sp³-hybridized carbons (Fsp3) is 0.364. The van der Waals surface area contributed by atoms with Crippen LogP contribution in [-0.4, -0.2) is 49.6 Å². The first kappa shape index (κ1) is 13.4. The van der Waals surface area contributed by atoms with Crippen LogP contribution in [0.5, 0.6) is 0 Å². The number of H-pyrrole nitrogens is 1. The fourth-order valence-corrected chi connectivity index (χ4v) is 2.24. The highest BCUT2D eigenvalue weighted by Crippen LogP contribution is 2.34. The number of aliphatic hydroxyl groups excluding tert-OH is 2. The lowest BCUT2D eigenvalue weighted by molar-refractivity contribution is -0.0329. The molecule has 0 bridgehead atoms. The molecule has 0 amide bonds. The number of methoxy groups -OCH3 is 1. The molecule has 21 heavy (non-hydrogen) atoms. The van der Waals surface area contributed by atoms with Gasteiger partial charge in [-0.1, -0.05) is 0 Å². The summed E-state index contributed by atoms with van der Waals surface area (Å²) in [5.74, 6) is -0.294. The molecule has 0 radical (unpaired) electrons. The van der Waals surface area contributed by atoms with Crippen LogP contribution in [0.2, 0.25) is 0 Å². The molecule has 0 saturated heterocycles. The number of fused-ring (bicyclic) bond motifs is 1. The molecule has 1 aliphatic heterocycles. The van der Waals surface area contributed by atoms with E-state index < -0.39 is 24.5 Å². The molecule has 2 atom stereocenters. The van der Waals surface area contributed by atoms with Crippen LogP contribution in [0, 0.1) is 0 Å². The Morgan fingerprint density at radius 3 is 3.05 bits per heavy atom. The topological polar surface area (TPSA) is 149 Å². The van der Waals surface area contributed by atoms with E-state index in [9.17, 15) is 9.90 Å². The number of aromatic nitrogens is 4. The molecule has 3 rings (SSSR count). The molecule has 0 saturated carbocycles. The monoisotopic (exact) mass is 295 g/mol. The Balaban J connectivity index is 2.12. The number of nitrogens with one attached hydrogen (secondary N) is 1. The fourth-order valence-electron chi connectivity index (χ4n) is 2.24. The average molecular weight is 295 g/mol. The zero-order valence-corrected chi connectivity index (χ0v) is 11.0. The number of nitrogens with two attached hydrogens (primary N) is 1. The third-order valence-corrected chi connectivity index (χ3v) is 3.20. The van der Waals surface area contributed by atoms with E-state index in [1.807, 2.05) is 0 Å². The summed E-state index contributed by atoms with van der Waals surface area (Å²) in [5.41, 5.74) is 5.31. The molecule has 10 nitrogen and oxygen atoms in total. The number of rotatable bonds is 3. The van der Waals surface area contributed by atoms with Gasteiger partial charge in [-0.15, -0.1) is 0 Å². The number of ether oxygens (including phenoxy) is 2. The summed E-state index contributed by atoms with van der Waals surface area (Å²) in [6, 6.07) is 0. The number of aromatic amines is 1. The molecule has 5 N–H and O–H groups in total. The molecule has 0 spiro atoms. The maximum absolute atomic E-state index is 11.7. The second-order valence-corrected chi connectivity index (χ2v) is 4.41. The van der Waals surface area contributed by atoms with E-state index >= 15 is 0 Å². The molecule has 0 aromatic carbocycles. The van der Waals surface area contributed by atoms with Crippen molar-refractivity contribution in [3.8, 4) is 0 Å². The van der Waals surface area contributed by atoms with Crippen molar-refractivity contribution in [2.45, 2.75) is 12.3 Å². The predicted octanol–water partition coefficient (Wildman–Crippen LogP) is -0.992. The summed E-state index contributed by atoms with van der Waals surface area (Å²) in [6.07, 6.45) is -0.376. The Labute approximate surface area is 117 Å². The minimum absolute atomic E-state index is 0.00786. The molecule has 10 heteroatoms. The van der Waals surface area contributed by atoms with E-state index in [1.54, 1.807) is 0 Å². The first-order valence-corrected chi connectivity index (χ1v) is 6.01. The first-order valence-electron chi connectivity index (χ1n) is 6.01. The van der Waals surface area contributed by atoms with Crippen LogP contribution in [0.25, 0.3) is 11.2 Å². The Morgan fingerprint density at radius 2 is 2.38 bits per heavy atom. The van der Waals surface area contributed by atoms with Gasteiger partial charge in [0.05, 0.1) is 0 Å². The minimum Gasteiger partial charge on any atom is -0.506 e. The van der Waals surface area contributed by atoms with Crippen molar-refractivity contribution in [3.63, 3.8) is 0 Å². The van der Waals surface area contributed by atoms with Crippen LogP contribution in [0.15, 0.2) is 22.6 Å². The van der Waals surface area contributed by atoms with Crippen molar-refractivity contribution in [2.24, 2.45) is 0 Å². The van der Waals surface area contributed by atoms with Gasteiger partial charge >= 0.3 is 0 Å². The van der Waals surface area contributed by atoms with Gasteiger partial charge in [-0.25, -0.2) is 4.98 Å². The van der Waals surface area contributed by atoms with E-state index in [1.165, 1.54) is 18.0 Å². The first-order chi connectivity index (χ1) is 10.1. The van der Waals surface area contributed by atoms with E-state index in [-0.39, 0.29) is 28.6 Å². The summed E-state index contributed by atoms with van der Waals surface area (Å²) < 4.78 is 12.0. The summed E-state index contributed by atoms with van der Waals surface area (Å²) in [5, 5.41) is 19.1. The summed E-state index contributed by atoms with van der Waals surface area (Å²) >= 11 is 0. The molecule has 3 heterocycles. The molecule has 112 valence electrons. The van der Waals surface area contributed by atoms with Gasteiger partial charge in [-0.05, 0) is 0 Å². The van der Waals surface area contributed by atoms with E-state index in [2.05, 4.69) is 15.0 Å². The minimum atomic E-state index is -0.855. The molecular weight excluding hydrogens is 282 g/mol. The van der Waals surface area contributed by atoms with Crippen LogP contribution in [-0.2, 0) is 9.47 Å². The van der Waals surface area contributed by atoms with Crippen molar-refractivity contribution in [2.75, 3.05) is 19.5 Å². The van der Waals surface area contributed by atoms with Crippen LogP contribution in [0.1, 0.15) is 6.23 Å². The maximum atomic E-state index is 11.7. The highest BCUT2D eigenvalue weighted by atomic mass is 16.6. The van der Waals surface area contributed by atoms with Gasteiger partial charge < -0.3 is 25.4 Å². The summed E-state index contributed by atoms with van der Waals surface area (Å²) in [7, 11) is 1.38. The standard InChI is InChI=1S/C11H13N5O5/c1-20-7-6(18)4(2-17)21-10(7)16-3-13-5-8(16)14-11(12)15-9(5)19/h3,7,10,17-18H,2H2,1H3,(H3,12,14,15,19)/t7?,10-/m1/s1. The van der Waals surface area contributed by atoms with Gasteiger partial charge in [0.15, 0.2) is 28.8 Å². The quantitative estimate of drug-likeness (QED) is 0.564. The molecule has 2 aromatic rings. The molecule has 0 aliphatic carbocycles. The van der Waals surface area contributed by atoms with Crippen LogP contribution in [0.4, 0.5) is 5.95 Å². The number of imidazole rings is 1. The van der Waals surface area contributed by atoms with Gasteiger partial charge in [-0.2, -0.15) is 4.98 Å². The highest BCUT2D eigenvalue weighted by Gasteiger charge is 2.39. The molecule has 1 aliphatic rings. The Bertz CT molecular complexity index is 779. The Kier molecular flexibility index (Phi) is 3.03. The highest BCUT2D eigenvalue weighted by molar-refractivity contribution is 5.70. The Morgan fingerprint density at radius 1 is 1.62 bits per heavy atom. The maximum Gasteiger partial charge on any atom is 0.280 e. The van der Waals surface area contributed by atoms with Crippen LogP contribution < -0.4 is 11.3 Å². The SMILES string of the molecule is COC1C(O)=C(CO)O[C@H]1n1cnc2c(=O)[nH]c(N)nc21. The second-order valence-electron chi connectivity index (χ2n) is 4.41. The smallest absolute Gasteiger partial charge is 0.280 e. The lowest BCUT2D eigenvalue weighted by Gasteiger charge is -2.19. The molecule has 0 fully saturated rings. The van der Waals surface area contributed by atoms with Gasteiger partial charge in [0, 0.05) is 7.11 Å². The number of nitrogen functional groups attached to an aromatic ring is 1. The normalized spacial score (nSPS) is 22.0. The Hall–Kier alpha value is -2.59. The lowest BCUT2D eigenvalue weighted by atomic mass is 10.2. The number of hydrogen-bond acceptors (Lipinski definition) is 8. The number of nitrogens with zero attached hydrogens (tertiary/aromatic N) is 3. The summed E-state index contributed by atoms with van der Waals surface area (Å²) in [4.78, 5) is 22.0. The molecule has 1 unspecified atom stereocenters. The zero-order valence-electron chi connectivity index (χ0n) is 11.0. The molecule has 2 aromatic heterocycles. The van der Waals surface area contributed by atoms with E-state index in [4.69, 9.17) is 20.3 Å². The average Bonchev–Trinajstić information content (AvgIpc) is 2.99. The van der Waals surface area contributed by atoms with Gasteiger partial charge in [0.1, 0.15) is 12.9 Å². The van der Waals surface area contributed by atoms with Gasteiger partial charge in [0.25, 0.3) is 5.56 Å². The number of hydrogen-bond donors (Lipinski definition) is 4. The zero-order chi connectivity index (χ0) is 15.1. The molecular formula is C11H13N5O5. The van der Waals surface area contributed by atoms with E-state index in [0.29, 0.717) is 0 Å². The lowest BCUT2D eigenvalue weighted by Crippen LogP contribution is -2.25. The van der Waals surface area contributed by atoms with Crippen molar-refractivity contribution in [1.82, 2.24) is 19.5 Å². The van der Waals surface area contributed by atoms with Crippen molar-refractivity contribution in [1.29, 1.82) is 0 Å². The van der Waals surface area contributed by atoms with Crippen LogP contribution in [0.3, 0.4) is 0 Å². The largest absolute Gasteiger partial charge is 0.506 e. The predicted molar refractivity (Wildman–Crippen MR) is 70.2 cm³/mol. The van der Waals surface area contributed by atoms with E-state index in [0.717, 1.165) is 0 Å². The van der Waals surface area contributed by atoms with Crippen molar-refractivity contribution in [3.05, 3.63) is 28.2 Å². The number of aliphatic hydroxyl groups is 2. The third-order valence-electron chi connectivity index (χ3n) is 3.20. The van der Waals surface area contributed by atoms with Crippen LogP contribution >= 0.6 is 0 Å². The second kappa shape index (κ2) is 4.75. The van der Waals surface area contributed by atoms with Gasteiger partial charge in [-0.3, -0.25) is 14.3 Å². The van der Waals surface area contributed by atoms with Gasteiger partial charge in [0.2, 0.25) is 12.2 Å². The number of anilines is 1.